The Kier molecular flexibility index (Phi) is 6.27. The lowest BCUT2D eigenvalue weighted by Crippen LogP contribution is -2.19. The van der Waals surface area contributed by atoms with Gasteiger partial charge >= 0.3 is 5.97 Å². The highest BCUT2D eigenvalue weighted by Gasteiger charge is 2.27. The zero-order valence-electron chi connectivity index (χ0n) is 19.6. The number of carbonyl (C=O) groups is 3. The molecular formula is C26H27N3O4S. The van der Waals surface area contributed by atoms with E-state index in [0.717, 1.165) is 28.0 Å². The van der Waals surface area contributed by atoms with Gasteiger partial charge < -0.3 is 10.5 Å². The fraction of sp³-hybridized carbons (Fsp3) is 0.308. The number of hydrogen-bond acceptors (Lipinski definition) is 6. The first-order chi connectivity index (χ1) is 16.0. The fourth-order valence-corrected chi connectivity index (χ4v) is 4.87. The number of fused-ring (bicyclic) bond motifs is 1. The molecule has 0 spiro atoms. The number of benzene rings is 2. The Bertz CT molecular complexity index is 1270. The van der Waals surface area contributed by atoms with Crippen LogP contribution < -0.4 is 15.8 Å². The van der Waals surface area contributed by atoms with E-state index in [0.29, 0.717) is 39.9 Å². The van der Waals surface area contributed by atoms with Gasteiger partial charge in [-0.2, -0.15) is 0 Å². The van der Waals surface area contributed by atoms with Gasteiger partial charge in [-0.3, -0.25) is 14.9 Å². The predicted molar refractivity (Wildman–Crippen MR) is 132 cm³/mol. The SMILES string of the molecule is Cc1nc(NC(=O)c2ccc(C(C)(C)C)cc2)sc1C(=O)Oc1ccc2c(c1)CCC2C(N)=O. The molecule has 0 saturated carbocycles. The number of hydrogen-bond donors (Lipinski definition) is 2. The third-order valence-electron chi connectivity index (χ3n) is 5.96. The molecule has 1 aromatic heterocycles. The molecule has 1 aliphatic rings. The Labute approximate surface area is 202 Å². The lowest BCUT2D eigenvalue weighted by atomic mass is 9.87. The van der Waals surface area contributed by atoms with Crippen molar-refractivity contribution in [3.8, 4) is 5.75 Å². The van der Waals surface area contributed by atoms with Gasteiger partial charge in [0.2, 0.25) is 5.91 Å². The number of thiazole rings is 1. The lowest BCUT2D eigenvalue weighted by Gasteiger charge is -2.18. The molecule has 0 saturated heterocycles. The van der Waals surface area contributed by atoms with Crippen LogP contribution in [0.5, 0.6) is 5.75 Å². The first-order valence-corrected chi connectivity index (χ1v) is 11.9. The molecule has 1 unspecified atom stereocenters. The number of anilines is 1. The van der Waals surface area contributed by atoms with E-state index in [1.54, 1.807) is 37.3 Å². The smallest absolute Gasteiger partial charge is 0.355 e. The van der Waals surface area contributed by atoms with Crippen LogP contribution in [0.2, 0.25) is 0 Å². The summed E-state index contributed by atoms with van der Waals surface area (Å²) in [4.78, 5) is 41.6. The summed E-state index contributed by atoms with van der Waals surface area (Å²) in [5, 5.41) is 3.09. The minimum atomic E-state index is -0.547. The van der Waals surface area contributed by atoms with Crippen LogP contribution >= 0.6 is 11.3 Å². The zero-order valence-corrected chi connectivity index (χ0v) is 20.4. The second-order valence-corrected chi connectivity index (χ2v) is 10.5. The first kappa shape index (κ1) is 23.6. The van der Waals surface area contributed by atoms with Crippen molar-refractivity contribution in [1.82, 2.24) is 4.98 Å². The summed E-state index contributed by atoms with van der Waals surface area (Å²) in [5.41, 5.74) is 9.43. The van der Waals surface area contributed by atoms with Crippen molar-refractivity contribution in [1.29, 1.82) is 0 Å². The van der Waals surface area contributed by atoms with Crippen molar-refractivity contribution in [2.24, 2.45) is 5.73 Å². The Balaban J connectivity index is 1.44. The lowest BCUT2D eigenvalue weighted by molar-refractivity contribution is -0.119. The molecular weight excluding hydrogens is 450 g/mol. The maximum atomic E-state index is 12.8. The summed E-state index contributed by atoms with van der Waals surface area (Å²) in [6.45, 7) is 8.03. The molecule has 8 heteroatoms. The molecule has 0 bridgehead atoms. The van der Waals surface area contributed by atoms with E-state index >= 15 is 0 Å². The third-order valence-corrected chi connectivity index (χ3v) is 7.01. The Morgan fingerprint density at radius 1 is 1.12 bits per heavy atom. The summed E-state index contributed by atoms with van der Waals surface area (Å²) < 4.78 is 5.55. The van der Waals surface area contributed by atoms with Crippen molar-refractivity contribution in [2.45, 2.75) is 51.9 Å². The van der Waals surface area contributed by atoms with Crippen molar-refractivity contribution >= 4 is 34.3 Å². The van der Waals surface area contributed by atoms with Gasteiger partial charge in [0.15, 0.2) is 5.13 Å². The summed E-state index contributed by atoms with van der Waals surface area (Å²) in [7, 11) is 0. The van der Waals surface area contributed by atoms with Crippen molar-refractivity contribution in [3.05, 3.63) is 75.3 Å². The molecule has 34 heavy (non-hydrogen) atoms. The predicted octanol–water partition coefficient (Wildman–Crippen LogP) is 4.74. The average Bonchev–Trinajstić information content (AvgIpc) is 3.36. The van der Waals surface area contributed by atoms with E-state index in [-0.39, 0.29) is 23.1 Å². The number of nitrogens with zero attached hydrogens (tertiary/aromatic N) is 1. The fourth-order valence-electron chi connectivity index (χ4n) is 4.04. The molecule has 0 radical (unpaired) electrons. The van der Waals surface area contributed by atoms with Gasteiger partial charge in [-0.1, -0.05) is 50.3 Å². The number of esters is 1. The second-order valence-electron chi connectivity index (χ2n) is 9.46. The highest BCUT2D eigenvalue weighted by molar-refractivity contribution is 7.17. The van der Waals surface area contributed by atoms with Crippen LogP contribution in [-0.2, 0) is 16.6 Å². The van der Waals surface area contributed by atoms with Gasteiger partial charge in [0.05, 0.1) is 11.6 Å². The van der Waals surface area contributed by atoms with E-state index in [4.69, 9.17) is 10.5 Å². The highest BCUT2D eigenvalue weighted by Crippen LogP contribution is 2.35. The molecule has 3 N–H and O–H groups in total. The minimum absolute atomic E-state index is 0.000922. The number of ether oxygens (including phenoxy) is 1. The van der Waals surface area contributed by atoms with Crippen LogP contribution in [0.3, 0.4) is 0 Å². The molecule has 2 amide bonds. The number of carbonyl (C=O) groups excluding carboxylic acids is 3. The summed E-state index contributed by atoms with van der Waals surface area (Å²) in [6.07, 6.45) is 1.37. The molecule has 1 atom stereocenters. The third kappa shape index (κ3) is 4.87. The van der Waals surface area contributed by atoms with Crippen LogP contribution in [0.1, 0.15) is 75.5 Å². The molecule has 1 heterocycles. The normalized spacial score (nSPS) is 15.0. The van der Waals surface area contributed by atoms with Gasteiger partial charge in [-0.15, -0.1) is 0 Å². The quantitative estimate of drug-likeness (QED) is 0.407. The number of aromatic nitrogens is 1. The van der Waals surface area contributed by atoms with Crippen LogP contribution in [0.4, 0.5) is 5.13 Å². The highest BCUT2D eigenvalue weighted by atomic mass is 32.1. The van der Waals surface area contributed by atoms with Crippen LogP contribution in [-0.4, -0.2) is 22.8 Å². The van der Waals surface area contributed by atoms with Gasteiger partial charge in [-0.05, 0) is 66.1 Å². The van der Waals surface area contributed by atoms with Gasteiger partial charge in [0, 0.05) is 5.56 Å². The molecule has 4 rings (SSSR count). The summed E-state index contributed by atoms with van der Waals surface area (Å²) in [6, 6.07) is 12.7. The minimum Gasteiger partial charge on any atom is -0.422 e. The van der Waals surface area contributed by atoms with Crippen molar-refractivity contribution in [3.63, 3.8) is 0 Å². The van der Waals surface area contributed by atoms with E-state index in [1.165, 1.54) is 0 Å². The van der Waals surface area contributed by atoms with Crippen LogP contribution in [0.25, 0.3) is 0 Å². The number of rotatable bonds is 5. The van der Waals surface area contributed by atoms with Crippen molar-refractivity contribution in [2.75, 3.05) is 5.32 Å². The second kappa shape index (κ2) is 9.02. The standard InChI is InChI=1S/C26H27N3O4S/c1-14-21(24(32)33-18-10-12-19-16(13-18)7-11-20(19)22(27)30)34-25(28-14)29-23(31)15-5-8-17(9-6-15)26(2,3)4/h5-6,8-10,12-13,20H,7,11H2,1-4H3,(H2,27,30)(H,28,29,31). The Hall–Kier alpha value is -3.52. The molecule has 1 aliphatic carbocycles. The van der Waals surface area contributed by atoms with E-state index in [2.05, 4.69) is 31.1 Å². The Morgan fingerprint density at radius 2 is 1.82 bits per heavy atom. The van der Waals surface area contributed by atoms with Gasteiger partial charge in [-0.25, -0.2) is 9.78 Å². The molecule has 3 aromatic rings. The largest absolute Gasteiger partial charge is 0.422 e. The Morgan fingerprint density at radius 3 is 2.47 bits per heavy atom. The zero-order chi connectivity index (χ0) is 24.6. The number of amides is 2. The first-order valence-electron chi connectivity index (χ1n) is 11.1. The molecule has 0 aliphatic heterocycles. The summed E-state index contributed by atoms with van der Waals surface area (Å²) >= 11 is 1.07. The molecule has 0 fully saturated rings. The molecule has 2 aromatic carbocycles. The van der Waals surface area contributed by atoms with E-state index in [9.17, 15) is 14.4 Å². The molecule has 176 valence electrons. The van der Waals surface area contributed by atoms with Crippen LogP contribution in [0.15, 0.2) is 42.5 Å². The number of aryl methyl sites for hydroxylation is 2. The monoisotopic (exact) mass is 477 g/mol. The van der Waals surface area contributed by atoms with Gasteiger partial charge in [0.1, 0.15) is 10.6 Å². The maximum Gasteiger partial charge on any atom is 0.355 e. The number of nitrogens with one attached hydrogen (secondary N) is 1. The van der Waals surface area contributed by atoms with E-state index in [1.807, 2.05) is 12.1 Å². The topological polar surface area (TPSA) is 111 Å². The van der Waals surface area contributed by atoms with Crippen LogP contribution in [0, 0.1) is 6.92 Å². The average molecular weight is 478 g/mol. The number of primary amides is 1. The van der Waals surface area contributed by atoms with Gasteiger partial charge in [0.25, 0.3) is 5.91 Å². The molecule has 7 nitrogen and oxygen atoms in total. The number of nitrogens with two attached hydrogens (primary N) is 1. The summed E-state index contributed by atoms with van der Waals surface area (Å²) in [5.74, 6) is -1.08. The van der Waals surface area contributed by atoms with Crippen molar-refractivity contribution < 1.29 is 19.1 Å². The maximum absolute atomic E-state index is 12.8. The van der Waals surface area contributed by atoms with E-state index < -0.39 is 5.97 Å².